The van der Waals surface area contributed by atoms with Crippen molar-refractivity contribution >= 4 is 5.69 Å². The van der Waals surface area contributed by atoms with Crippen LogP contribution in [0.3, 0.4) is 0 Å². The van der Waals surface area contributed by atoms with E-state index in [1.165, 1.54) is 22.3 Å². The topological polar surface area (TPSA) is 21.3 Å². The van der Waals surface area contributed by atoms with Crippen molar-refractivity contribution < 1.29 is 4.74 Å². The first-order chi connectivity index (χ1) is 9.15. The molecule has 2 heteroatoms. The Morgan fingerprint density at radius 3 is 2.68 bits per heavy atom. The third kappa shape index (κ3) is 2.19. The molecule has 2 nitrogen and oxygen atoms in total. The third-order valence-electron chi connectivity index (χ3n) is 3.74. The second-order valence-corrected chi connectivity index (χ2v) is 5.30. The molecule has 0 aliphatic carbocycles. The Labute approximate surface area is 114 Å². The molecule has 0 radical (unpaired) electrons. The molecular formula is C17H19NO. The van der Waals surface area contributed by atoms with E-state index in [9.17, 15) is 0 Å². The van der Waals surface area contributed by atoms with Crippen LogP contribution in [0.5, 0.6) is 5.75 Å². The van der Waals surface area contributed by atoms with Crippen molar-refractivity contribution in [1.29, 1.82) is 0 Å². The van der Waals surface area contributed by atoms with Gasteiger partial charge in [0.05, 0.1) is 12.2 Å². The molecule has 1 heterocycles. The minimum Gasteiger partial charge on any atom is -0.482 e. The van der Waals surface area contributed by atoms with Crippen molar-refractivity contribution in [3.05, 3.63) is 58.7 Å². The van der Waals surface area contributed by atoms with Gasteiger partial charge in [0, 0.05) is 0 Å². The summed E-state index contributed by atoms with van der Waals surface area (Å²) in [5.74, 6) is 0.955. The number of aryl methyl sites for hydroxylation is 3. The van der Waals surface area contributed by atoms with E-state index < -0.39 is 0 Å². The number of anilines is 1. The Morgan fingerprint density at radius 1 is 1.05 bits per heavy atom. The Kier molecular flexibility index (Phi) is 2.94. The van der Waals surface area contributed by atoms with Crippen LogP contribution in [-0.2, 0) is 0 Å². The molecule has 0 bridgehead atoms. The lowest BCUT2D eigenvalue weighted by atomic mass is 9.99. The number of para-hydroxylation sites is 1. The highest BCUT2D eigenvalue weighted by Gasteiger charge is 2.22. The Balaban J connectivity index is 1.93. The highest BCUT2D eigenvalue weighted by molar-refractivity contribution is 5.63. The molecule has 0 fully saturated rings. The molecule has 0 spiro atoms. The van der Waals surface area contributed by atoms with Gasteiger partial charge in [0.25, 0.3) is 0 Å². The van der Waals surface area contributed by atoms with Crippen LogP contribution in [0.1, 0.15) is 28.4 Å². The highest BCUT2D eigenvalue weighted by Crippen LogP contribution is 2.36. The van der Waals surface area contributed by atoms with Crippen molar-refractivity contribution in [3.63, 3.8) is 0 Å². The molecule has 1 N–H and O–H groups in total. The fourth-order valence-electron chi connectivity index (χ4n) is 2.72. The SMILES string of the molecule is Cc1ccc(C2CNc3c(C)cccc3O2)c(C)c1. The summed E-state index contributed by atoms with van der Waals surface area (Å²) in [6.45, 7) is 7.20. The van der Waals surface area contributed by atoms with Crippen LogP contribution in [0.15, 0.2) is 36.4 Å². The third-order valence-corrected chi connectivity index (χ3v) is 3.74. The van der Waals surface area contributed by atoms with Gasteiger partial charge in [-0.3, -0.25) is 0 Å². The highest BCUT2D eigenvalue weighted by atomic mass is 16.5. The van der Waals surface area contributed by atoms with Crippen LogP contribution in [0.2, 0.25) is 0 Å². The van der Waals surface area contributed by atoms with Gasteiger partial charge in [-0.25, -0.2) is 0 Å². The van der Waals surface area contributed by atoms with Crippen molar-refractivity contribution in [2.75, 3.05) is 11.9 Å². The summed E-state index contributed by atoms with van der Waals surface area (Å²) in [7, 11) is 0. The van der Waals surface area contributed by atoms with Crippen molar-refractivity contribution in [1.82, 2.24) is 0 Å². The van der Waals surface area contributed by atoms with Gasteiger partial charge in [-0.1, -0.05) is 35.9 Å². The molecular weight excluding hydrogens is 234 g/mol. The van der Waals surface area contributed by atoms with Gasteiger partial charge in [-0.15, -0.1) is 0 Å². The second kappa shape index (κ2) is 4.61. The Hall–Kier alpha value is -1.96. The molecule has 1 aliphatic rings. The standard InChI is InChI=1S/C17H19NO/c1-11-7-8-14(13(3)9-11)16-10-18-17-12(2)5-4-6-15(17)19-16/h4-9,16,18H,10H2,1-3H3. The van der Waals surface area contributed by atoms with E-state index >= 15 is 0 Å². The van der Waals surface area contributed by atoms with E-state index in [-0.39, 0.29) is 6.10 Å². The van der Waals surface area contributed by atoms with E-state index in [1.54, 1.807) is 0 Å². The van der Waals surface area contributed by atoms with Crippen LogP contribution in [0.25, 0.3) is 0 Å². The minimum atomic E-state index is 0.0925. The summed E-state index contributed by atoms with van der Waals surface area (Å²) in [4.78, 5) is 0. The smallest absolute Gasteiger partial charge is 0.143 e. The Morgan fingerprint density at radius 2 is 1.89 bits per heavy atom. The zero-order chi connectivity index (χ0) is 13.4. The molecule has 98 valence electrons. The first kappa shape index (κ1) is 12.1. The number of fused-ring (bicyclic) bond motifs is 1. The summed E-state index contributed by atoms with van der Waals surface area (Å²) in [6.07, 6.45) is 0.0925. The molecule has 19 heavy (non-hydrogen) atoms. The maximum absolute atomic E-state index is 6.16. The summed E-state index contributed by atoms with van der Waals surface area (Å²) < 4.78 is 6.16. The Bertz CT molecular complexity index is 619. The average molecular weight is 253 g/mol. The molecule has 1 unspecified atom stereocenters. The van der Waals surface area contributed by atoms with E-state index in [0.29, 0.717) is 0 Å². The lowest BCUT2D eigenvalue weighted by Crippen LogP contribution is -2.24. The van der Waals surface area contributed by atoms with E-state index in [4.69, 9.17) is 4.74 Å². The predicted molar refractivity (Wildman–Crippen MR) is 79.0 cm³/mol. The van der Waals surface area contributed by atoms with Crippen LogP contribution in [-0.4, -0.2) is 6.54 Å². The van der Waals surface area contributed by atoms with Crippen molar-refractivity contribution in [3.8, 4) is 5.75 Å². The monoisotopic (exact) mass is 253 g/mol. The number of benzene rings is 2. The maximum atomic E-state index is 6.16. The predicted octanol–water partition coefficient (Wildman–Crippen LogP) is 4.16. The van der Waals surface area contributed by atoms with Crippen LogP contribution in [0, 0.1) is 20.8 Å². The molecule has 1 atom stereocenters. The fourth-order valence-corrected chi connectivity index (χ4v) is 2.72. The van der Waals surface area contributed by atoms with Gasteiger partial charge in [0.1, 0.15) is 11.9 Å². The molecule has 3 rings (SSSR count). The first-order valence-corrected chi connectivity index (χ1v) is 6.72. The summed E-state index contributed by atoms with van der Waals surface area (Å²) >= 11 is 0. The maximum Gasteiger partial charge on any atom is 0.143 e. The zero-order valence-electron chi connectivity index (χ0n) is 11.7. The number of rotatable bonds is 1. The van der Waals surface area contributed by atoms with Gasteiger partial charge in [0.15, 0.2) is 0 Å². The summed E-state index contributed by atoms with van der Waals surface area (Å²) in [6, 6.07) is 12.7. The molecule has 0 saturated carbocycles. The van der Waals surface area contributed by atoms with E-state index in [1.807, 2.05) is 12.1 Å². The largest absolute Gasteiger partial charge is 0.482 e. The number of ether oxygens (including phenoxy) is 1. The van der Waals surface area contributed by atoms with Crippen LogP contribution in [0.4, 0.5) is 5.69 Å². The molecule has 0 aromatic heterocycles. The van der Waals surface area contributed by atoms with Crippen LogP contribution >= 0.6 is 0 Å². The molecule has 0 amide bonds. The lowest BCUT2D eigenvalue weighted by Gasteiger charge is -2.29. The summed E-state index contributed by atoms with van der Waals surface area (Å²) in [5, 5.41) is 3.50. The van der Waals surface area contributed by atoms with Gasteiger partial charge < -0.3 is 10.1 Å². The molecule has 1 aliphatic heterocycles. The normalized spacial score (nSPS) is 17.3. The average Bonchev–Trinajstić information content (AvgIpc) is 2.38. The molecule has 0 saturated heterocycles. The van der Waals surface area contributed by atoms with E-state index in [2.05, 4.69) is 50.4 Å². The van der Waals surface area contributed by atoms with Gasteiger partial charge in [-0.05, 0) is 43.5 Å². The first-order valence-electron chi connectivity index (χ1n) is 6.72. The lowest BCUT2D eigenvalue weighted by molar-refractivity contribution is 0.209. The number of hydrogen-bond acceptors (Lipinski definition) is 2. The zero-order valence-corrected chi connectivity index (χ0v) is 11.7. The second-order valence-electron chi connectivity index (χ2n) is 5.30. The quantitative estimate of drug-likeness (QED) is 0.824. The number of nitrogens with one attached hydrogen (secondary N) is 1. The van der Waals surface area contributed by atoms with Crippen molar-refractivity contribution in [2.45, 2.75) is 26.9 Å². The summed E-state index contributed by atoms with van der Waals surface area (Å²) in [5.41, 5.74) is 6.22. The van der Waals surface area contributed by atoms with E-state index in [0.717, 1.165) is 18.0 Å². The minimum absolute atomic E-state index is 0.0925. The van der Waals surface area contributed by atoms with Gasteiger partial charge >= 0.3 is 0 Å². The van der Waals surface area contributed by atoms with Gasteiger partial charge in [-0.2, -0.15) is 0 Å². The van der Waals surface area contributed by atoms with Crippen LogP contribution < -0.4 is 10.1 Å². The molecule has 2 aromatic carbocycles. The van der Waals surface area contributed by atoms with Crippen molar-refractivity contribution in [2.24, 2.45) is 0 Å². The molecule has 2 aromatic rings. The van der Waals surface area contributed by atoms with Gasteiger partial charge in [0.2, 0.25) is 0 Å². The fraction of sp³-hybridized carbons (Fsp3) is 0.294. The number of hydrogen-bond donors (Lipinski definition) is 1.